The Bertz CT molecular complexity index is 2090. The molecular weight excluding hydrogens is 540 g/mol. The molecule has 0 unspecified atom stereocenters. The molecule has 3 heteroatoms. The van der Waals surface area contributed by atoms with Crippen molar-refractivity contribution in [3.63, 3.8) is 0 Å². The third-order valence-corrected chi connectivity index (χ3v) is 8.27. The third-order valence-electron chi connectivity index (χ3n) is 7.78. The van der Waals surface area contributed by atoms with Crippen LogP contribution >= 0.6 is 15.9 Å². The van der Waals surface area contributed by atoms with Crippen molar-refractivity contribution in [2.24, 2.45) is 0 Å². The molecule has 2 nitrogen and oxygen atoms in total. The Morgan fingerprint density at radius 1 is 0.410 bits per heavy atom. The molecule has 0 fully saturated rings. The predicted molar refractivity (Wildman–Crippen MR) is 168 cm³/mol. The van der Waals surface area contributed by atoms with E-state index in [2.05, 4.69) is 165 Å². The molecule has 6 aromatic carbocycles. The Hall–Kier alpha value is -4.60. The molecule has 0 aliphatic carbocycles. The third kappa shape index (κ3) is 3.40. The van der Waals surface area contributed by atoms with Gasteiger partial charge in [0, 0.05) is 37.3 Å². The summed E-state index contributed by atoms with van der Waals surface area (Å²) in [5.74, 6) is 0. The van der Waals surface area contributed by atoms with Crippen molar-refractivity contribution in [3.05, 3.63) is 144 Å². The van der Waals surface area contributed by atoms with Crippen LogP contribution in [0.4, 0.5) is 0 Å². The van der Waals surface area contributed by atoms with Gasteiger partial charge >= 0.3 is 0 Å². The number of benzene rings is 6. The highest BCUT2D eigenvalue weighted by Crippen LogP contribution is 2.39. The summed E-state index contributed by atoms with van der Waals surface area (Å²) in [5, 5.41) is 5.06. The van der Waals surface area contributed by atoms with E-state index in [9.17, 15) is 0 Å². The maximum Gasteiger partial charge on any atom is 0.0542 e. The Kier molecular flexibility index (Phi) is 5.01. The van der Waals surface area contributed by atoms with E-state index in [0.29, 0.717) is 0 Å². The lowest BCUT2D eigenvalue weighted by atomic mass is 10.0. The van der Waals surface area contributed by atoms with E-state index in [-0.39, 0.29) is 0 Å². The standard InChI is InChI=1S/C36H23BrN2/c37-25-11-9-10-24(22-25)31-23-26(38-32-16-5-1-12-27(32)28-13-2-6-17-33(28)38)20-21-36(31)39-34-18-7-3-14-29(34)30-15-4-8-19-35(30)39/h1-23H. The fourth-order valence-corrected chi connectivity index (χ4v) is 6.53. The first kappa shape index (κ1) is 22.4. The Morgan fingerprint density at radius 2 is 0.897 bits per heavy atom. The summed E-state index contributed by atoms with van der Waals surface area (Å²) in [6.45, 7) is 0. The van der Waals surface area contributed by atoms with Crippen LogP contribution in [0.25, 0.3) is 66.1 Å². The van der Waals surface area contributed by atoms with E-state index < -0.39 is 0 Å². The topological polar surface area (TPSA) is 9.86 Å². The van der Waals surface area contributed by atoms with Crippen LogP contribution in [-0.2, 0) is 0 Å². The number of hydrogen-bond acceptors (Lipinski definition) is 0. The maximum atomic E-state index is 3.72. The van der Waals surface area contributed by atoms with Crippen molar-refractivity contribution in [3.8, 4) is 22.5 Å². The summed E-state index contributed by atoms with van der Waals surface area (Å²) in [7, 11) is 0. The molecular formula is C36H23BrN2. The van der Waals surface area contributed by atoms with Gasteiger partial charge < -0.3 is 9.13 Å². The molecule has 8 aromatic rings. The van der Waals surface area contributed by atoms with Gasteiger partial charge in [-0.1, -0.05) is 101 Å². The number of hydrogen-bond donors (Lipinski definition) is 0. The van der Waals surface area contributed by atoms with Gasteiger partial charge in [-0.15, -0.1) is 0 Å². The molecule has 0 atom stereocenters. The minimum absolute atomic E-state index is 1.07. The van der Waals surface area contributed by atoms with Gasteiger partial charge in [0.2, 0.25) is 0 Å². The molecule has 0 aliphatic heterocycles. The molecule has 0 saturated heterocycles. The van der Waals surface area contributed by atoms with Crippen LogP contribution in [0.3, 0.4) is 0 Å². The zero-order valence-corrected chi connectivity index (χ0v) is 22.6. The van der Waals surface area contributed by atoms with Crippen molar-refractivity contribution >= 4 is 59.5 Å². The first-order valence-electron chi connectivity index (χ1n) is 13.1. The van der Waals surface area contributed by atoms with Crippen LogP contribution in [0.2, 0.25) is 0 Å². The quantitative estimate of drug-likeness (QED) is 0.202. The van der Waals surface area contributed by atoms with Gasteiger partial charge in [-0.2, -0.15) is 0 Å². The van der Waals surface area contributed by atoms with Crippen molar-refractivity contribution in [2.75, 3.05) is 0 Å². The van der Waals surface area contributed by atoms with Gasteiger partial charge in [-0.25, -0.2) is 0 Å². The Balaban J connectivity index is 1.48. The smallest absolute Gasteiger partial charge is 0.0542 e. The normalized spacial score (nSPS) is 11.7. The van der Waals surface area contributed by atoms with E-state index in [1.807, 2.05) is 0 Å². The second-order valence-electron chi connectivity index (χ2n) is 9.95. The zero-order chi connectivity index (χ0) is 25.9. The van der Waals surface area contributed by atoms with Crippen molar-refractivity contribution in [1.82, 2.24) is 9.13 Å². The molecule has 0 saturated carbocycles. The average molecular weight is 563 g/mol. The molecule has 2 aromatic heterocycles. The molecule has 0 radical (unpaired) electrons. The van der Waals surface area contributed by atoms with Crippen LogP contribution < -0.4 is 0 Å². The molecule has 39 heavy (non-hydrogen) atoms. The molecule has 184 valence electrons. The van der Waals surface area contributed by atoms with Gasteiger partial charge in [-0.05, 0) is 60.2 Å². The van der Waals surface area contributed by atoms with Gasteiger partial charge in [0.1, 0.15) is 0 Å². The van der Waals surface area contributed by atoms with Crippen molar-refractivity contribution in [2.45, 2.75) is 0 Å². The lowest BCUT2D eigenvalue weighted by Gasteiger charge is -2.17. The number of fused-ring (bicyclic) bond motifs is 6. The molecule has 0 spiro atoms. The minimum Gasteiger partial charge on any atom is -0.309 e. The van der Waals surface area contributed by atoms with E-state index in [4.69, 9.17) is 0 Å². The minimum atomic E-state index is 1.07. The predicted octanol–water partition coefficient (Wildman–Crippen LogP) is 10.3. The average Bonchev–Trinajstić information content (AvgIpc) is 3.50. The first-order chi connectivity index (χ1) is 19.3. The first-order valence-corrected chi connectivity index (χ1v) is 13.9. The lowest BCUT2D eigenvalue weighted by Crippen LogP contribution is -2.00. The summed E-state index contributed by atoms with van der Waals surface area (Å²) in [5.41, 5.74) is 9.50. The summed E-state index contributed by atoms with van der Waals surface area (Å²) in [6.07, 6.45) is 0. The van der Waals surface area contributed by atoms with Crippen LogP contribution in [-0.4, -0.2) is 9.13 Å². The molecule has 2 heterocycles. The number of rotatable bonds is 3. The molecule has 8 rings (SSSR count). The van der Waals surface area contributed by atoms with Crippen LogP contribution in [0.1, 0.15) is 0 Å². The SMILES string of the molecule is Brc1cccc(-c2cc(-n3c4ccccc4c4ccccc43)ccc2-n2c3ccccc3c3ccccc32)c1. The molecule has 0 N–H and O–H groups in total. The van der Waals surface area contributed by atoms with Crippen LogP contribution in [0.5, 0.6) is 0 Å². The molecule has 0 aliphatic rings. The van der Waals surface area contributed by atoms with Crippen molar-refractivity contribution in [1.29, 1.82) is 0 Å². The Labute approximate surface area is 234 Å². The highest BCUT2D eigenvalue weighted by atomic mass is 79.9. The van der Waals surface area contributed by atoms with E-state index in [0.717, 1.165) is 15.8 Å². The van der Waals surface area contributed by atoms with Gasteiger partial charge in [-0.3, -0.25) is 0 Å². The monoisotopic (exact) mass is 562 g/mol. The van der Waals surface area contributed by atoms with Crippen LogP contribution in [0, 0.1) is 0 Å². The summed E-state index contributed by atoms with van der Waals surface area (Å²) in [6, 6.07) is 50.3. The number of aromatic nitrogens is 2. The van der Waals surface area contributed by atoms with E-state index >= 15 is 0 Å². The number of nitrogens with zero attached hydrogens (tertiary/aromatic N) is 2. The summed E-state index contributed by atoms with van der Waals surface area (Å²) >= 11 is 3.72. The van der Waals surface area contributed by atoms with Crippen molar-refractivity contribution < 1.29 is 0 Å². The fraction of sp³-hybridized carbons (Fsp3) is 0. The highest BCUT2D eigenvalue weighted by molar-refractivity contribution is 9.10. The zero-order valence-electron chi connectivity index (χ0n) is 21.1. The fourth-order valence-electron chi connectivity index (χ4n) is 6.13. The number of halogens is 1. The second kappa shape index (κ2) is 8.72. The van der Waals surface area contributed by atoms with Gasteiger partial charge in [0.15, 0.2) is 0 Å². The maximum absolute atomic E-state index is 3.72. The highest BCUT2D eigenvalue weighted by Gasteiger charge is 2.18. The number of para-hydroxylation sites is 4. The summed E-state index contributed by atoms with van der Waals surface area (Å²) in [4.78, 5) is 0. The van der Waals surface area contributed by atoms with Gasteiger partial charge in [0.25, 0.3) is 0 Å². The molecule has 0 bridgehead atoms. The van der Waals surface area contributed by atoms with Gasteiger partial charge in [0.05, 0.1) is 27.8 Å². The second-order valence-corrected chi connectivity index (χ2v) is 10.9. The van der Waals surface area contributed by atoms with Crippen LogP contribution in [0.15, 0.2) is 144 Å². The Morgan fingerprint density at radius 3 is 1.41 bits per heavy atom. The van der Waals surface area contributed by atoms with E-state index in [1.54, 1.807) is 0 Å². The molecule has 0 amide bonds. The largest absolute Gasteiger partial charge is 0.309 e. The lowest BCUT2D eigenvalue weighted by molar-refractivity contribution is 1.15. The summed E-state index contributed by atoms with van der Waals surface area (Å²) < 4.78 is 5.87. The van der Waals surface area contributed by atoms with E-state index in [1.165, 1.54) is 54.7 Å².